The van der Waals surface area contributed by atoms with Crippen molar-refractivity contribution in [1.29, 1.82) is 0 Å². The van der Waals surface area contributed by atoms with E-state index < -0.39 is 5.79 Å². The van der Waals surface area contributed by atoms with Crippen LogP contribution in [0.5, 0.6) is 0 Å². The van der Waals surface area contributed by atoms with Gasteiger partial charge in [-0.05, 0) is 67.6 Å². The largest absolute Gasteiger partial charge is 0.346 e. The van der Waals surface area contributed by atoms with Crippen LogP contribution in [0.2, 0.25) is 0 Å². The molecule has 2 aromatic carbocycles. The van der Waals surface area contributed by atoms with Gasteiger partial charge in [0.25, 0.3) is 0 Å². The summed E-state index contributed by atoms with van der Waals surface area (Å²) in [5, 5.41) is 0. The molecule has 1 aliphatic carbocycles. The highest BCUT2D eigenvalue weighted by atomic mass is 16.7. The molecule has 192 valence electrons. The smallest absolute Gasteiger partial charge is 0.191 e. The minimum atomic E-state index is -0.626. The van der Waals surface area contributed by atoms with Gasteiger partial charge in [-0.1, -0.05) is 107 Å². The van der Waals surface area contributed by atoms with Crippen molar-refractivity contribution in [2.45, 2.75) is 110 Å². The van der Waals surface area contributed by atoms with Gasteiger partial charge in [-0.2, -0.15) is 0 Å². The van der Waals surface area contributed by atoms with Gasteiger partial charge in [0.2, 0.25) is 0 Å². The van der Waals surface area contributed by atoms with Crippen LogP contribution in [-0.2, 0) is 15.3 Å². The average Bonchev–Trinajstić information content (AvgIpc) is 2.91. The second kappa shape index (κ2) is 13.1. The quantitative estimate of drug-likeness (QED) is 0.300. The van der Waals surface area contributed by atoms with E-state index >= 15 is 0 Å². The van der Waals surface area contributed by atoms with E-state index in [1.54, 1.807) is 0 Å². The summed E-state index contributed by atoms with van der Waals surface area (Å²) in [6.07, 6.45) is 16.2. The minimum Gasteiger partial charge on any atom is -0.346 e. The molecular formula is C33H48O2. The summed E-state index contributed by atoms with van der Waals surface area (Å²) in [5.41, 5.74) is 5.19. The van der Waals surface area contributed by atoms with Crippen LogP contribution in [0.4, 0.5) is 0 Å². The van der Waals surface area contributed by atoms with Crippen molar-refractivity contribution in [3.8, 4) is 11.1 Å². The number of hydrogen-bond donors (Lipinski definition) is 0. The van der Waals surface area contributed by atoms with Gasteiger partial charge in [0, 0.05) is 11.5 Å². The molecule has 0 aromatic heterocycles. The van der Waals surface area contributed by atoms with Crippen molar-refractivity contribution < 1.29 is 9.47 Å². The average molecular weight is 477 g/mol. The maximum Gasteiger partial charge on any atom is 0.191 e. The Morgan fingerprint density at radius 3 is 1.71 bits per heavy atom. The van der Waals surface area contributed by atoms with Crippen LogP contribution in [0.3, 0.4) is 0 Å². The van der Waals surface area contributed by atoms with Gasteiger partial charge < -0.3 is 9.47 Å². The first kappa shape index (κ1) is 26.4. The Hall–Kier alpha value is -1.64. The molecule has 0 bridgehead atoms. The van der Waals surface area contributed by atoms with Gasteiger partial charge >= 0.3 is 0 Å². The van der Waals surface area contributed by atoms with Crippen molar-refractivity contribution in [3.05, 3.63) is 59.7 Å². The monoisotopic (exact) mass is 476 g/mol. The predicted octanol–water partition coefficient (Wildman–Crippen LogP) is 9.62. The zero-order chi connectivity index (χ0) is 24.5. The van der Waals surface area contributed by atoms with E-state index in [1.807, 2.05) is 0 Å². The first-order valence-corrected chi connectivity index (χ1v) is 14.6. The van der Waals surface area contributed by atoms with Crippen molar-refractivity contribution in [2.24, 2.45) is 11.8 Å². The molecule has 1 saturated heterocycles. The van der Waals surface area contributed by atoms with E-state index in [9.17, 15) is 0 Å². The lowest BCUT2D eigenvalue weighted by Crippen LogP contribution is -2.39. The van der Waals surface area contributed by atoms with Crippen LogP contribution < -0.4 is 0 Å². The summed E-state index contributed by atoms with van der Waals surface area (Å²) in [4.78, 5) is 0. The summed E-state index contributed by atoms with van der Waals surface area (Å²) in [5.74, 6) is 1.63. The van der Waals surface area contributed by atoms with E-state index in [2.05, 4.69) is 69.3 Å². The Balaban J connectivity index is 1.29. The topological polar surface area (TPSA) is 18.5 Å². The summed E-state index contributed by atoms with van der Waals surface area (Å²) < 4.78 is 12.5. The molecule has 0 radical (unpaired) electrons. The second-order valence-electron chi connectivity index (χ2n) is 11.3. The molecule has 2 nitrogen and oxygen atoms in total. The molecule has 0 atom stereocenters. The SMILES string of the molecule is CCCCCC1CCC(c2ccc(-c3ccc(C4(C)OCC(CCCCC)CO4)cc3)cc2)CC1. The number of ether oxygens (including phenoxy) is 2. The Bertz CT molecular complexity index is 853. The first-order chi connectivity index (χ1) is 17.1. The van der Waals surface area contributed by atoms with Gasteiger partial charge in [0.1, 0.15) is 0 Å². The third-order valence-corrected chi connectivity index (χ3v) is 8.59. The number of rotatable bonds is 11. The van der Waals surface area contributed by atoms with Crippen molar-refractivity contribution >= 4 is 0 Å². The minimum absolute atomic E-state index is 0.531. The fourth-order valence-corrected chi connectivity index (χ4v) is 6.04. The summed E-state index contributed by atoms with van der Waals surface area (Å²) in [6, 6.07) is 18.2. The Morgan fingerprint density at radius 1 is 0.657 bits per heavy atom. The summed E-state index contributed by atoms with van der Waals surface area (Å²) >= 11 is 0. The van der Waals surface area contributed by atoms with E-state index in [0.29, 0.717) is 5.92 Å². The van der Waals surface area contributed by atoms with Crippen molar-refractivity contribution in [1.82, 2.24) is 0 Å². The molecule has 0 spiro atoms. The van der Waals surface area contributed by atoms with E-state index in [-0.39, 0.29) is 0 Å². The maximum absolute atomic E-state index is 6.24. The maximum atomic E-state index is 6.24. The Kier molecular flexibility index (Phi) is 9.86. The Morgan fingerprint density at radius 2 is 1.17 bits per heavy atom. The molecule has 2 fully saturated rings. The molecule has 1 aliphatic heterocycles. The van der Waals surface area contributed by atoms with Gasteiger partial charge in [0.15, 0.2) is 5.79 Å². The molecule has 1 saturated carbocycles. The molecule has 2 aromatic rings. The van der Waals surface area contributed by atoms with Crippen LogP contribution in [0, 0.1) is 11.8 Å². The lowest BCUT2D eigenvalue weighted by atomic mass is 9.77. The summed E-state index contributed by atoms with van der Waals surface area (Å²) in [6.45, 7) is 8.22. The third kappa shape index (κ3) is 7.20. The normalized spacial score (nSPS) is 27.1. The highest BCUT2D eigenvalue weighted by Gasteiger charge is 2.34. The zero-order valence-electron chi connectivity index (χ0n) is 22.6. The standard InChI is InChI=1S/C33H48O2/c1-4-6-8-10-26-12-14-28(15-13-26)29-16-18-30(19-17-29)31-20-22-32(23-21-31)33(3)34-24-27(25-35-33)11-9-7-5-2/h16-23,26-28H,4-15,24-25H2,1-3H3. The third-order valence-electron chi connectivity index (χ3n) is 8.59. The van der Waals surface area contributed by atoms with E-state index in [0.717, 1.165) is 30.6 Å². The molecule has 0 amide bonds. The highest BCUT2D eigenvalue weighted by molar-refractivity contribution is 5.64. The molecule has 0 unspecified atom stereocenters. The molecular weight excluding hydrogens is 428 g/mol. The lowest BCUT2D eigenvalue weighted by molar-refractivity contribution is -0.282. The Labute approximate surface area is 214 Å². The number of benzene rings is 2. The van der Waals surface area contributed by atoms with Crippen LogP contribution in [0.15, 0.2) is 48.5 Å². The number of hydrogen-bond acceptors (Lipinski definition) is 2. The van der Waals surface area contributed by atoms with Gasteiger partial charge in [-0.25, -0.2) is 0 Å². The predicted molar refractivity (Wildman–Crippen MR) is 148 cm³/mol. The van der Waals surface area contributed by atoms with E-state index in [1.165, 1.54) is 93.7 Å². The van der Waals surface area contributed by atoms with Crippen molar-refractivity contribution in [3.63, 3.8) is 0 Å². The van der Waals surface area contributed by atoms with Crippen LogP contribution in [-0.4, -0.2) is 13.2 Å². The molecule has 35 heavy (non-hydrogen) atoms. The fourth-order valence-electron chi connectivity index (χ4n) is 6.04. The van der Waals surface area contributed by atoms with Gasteiger partial charge in [0.05, 0.1) is 13.2 Å². The lowest BCUT2D eigenvalue weighted by Gasteiger charge is -2.38. The molecule has 2 aliphatic rings. The van der Waals surface area contributed by atoms with E-state index in [4.69, 9.17) is 9.47 Å². The van der Waals surface area contributed by atoms with Crippen LogP contribution in [0.1, 0.15) is 115 Å². The summed E-state index contributed by atoms with van der Waals surface area (Å²) in [7, 11) is 0. The molecule has 1 heterocycles. The van der Waals surface area contributed by atoms with Crippen molar-refractivity contribution in [2.75, 3.05) is 13.2 Å². The van der Waals surface area contributed by atoms with Crippen LogP contribution in [0.25, 0.3) is 11.1 Å². The second-order valence-corrected chi connectivity index (χ2v) is 11.3. The number of unbranched alkanes of at least 4 members (excludes halogenated alkanes) is 4. The molecule has 0 N–H and O–H groups in total. The zero-order valence-corrected chi connectivity index (χ0v) is 22.6. The first-order valence-electron chi connectivity index (χ1n) is 14.6. The van der Waals surface area contributed by atoms with Gasteiger partial charge in [-0.3, -0.25) is 0 Å². The fraction of sp³-hybridized carbons (Fsp3) is 0.636. The highest BCUT2D eigenvalue weighted by Crippen LogP contribution is 2.39. The molecule has 2 heteroatoms. The van der Waals surface area contributed by atoms with Crippen LogP contribution >= 0.6 is 0 Å². The van der Waals surface area contributed by atoms with Gasteiger partial charge in [-0.15, -0.1) is 0 Å². The molecule has 4 rings (SSSR count).